The smallest absolute Gasteiger partial charge is 0.0346 e. The summed E-state index contributed by atoms with van der Waals surface area (Å²) in [5.74, 6) is 0. The van der Waals surface area contributed by atoms with Crippen molar-refractivity contribution in [2.45, 2.75) is 0 Å². The monoisotopic (exact) mass is 338 g/mol. The number of hydrogen-bond acceptors (Lipinski definition) is 2. The van der Waals surface area contributed by atoms with Gasteiger partial charge in [-0.1, -0.05) is 67.3 Å². The van der Waals surface area contributed by atoms with E-state index in [0.717, 1.165) is 11.3 Å². The van der Waals surface area contributed by atoms with Crippen LogP contribution in [0, 0.1) is 0 Å². The molecule has 1 heterocycles. The van der Waals surface area contributed by atoms with Crippen molar-refractivity contribution in [3.05, 3.63) is 103 Å². The molecule has 2 heteroatoms. The Kier molecular flexibility index (Phi) is 5.79. The van der Waals surface area contributed by atoms with E-state index in [1.54, 1.807) is 6.20 Å². The molecule has 26 heavy (non-hydrogen) atoms. The van der Waals surface area contributed by atoms with Gasteiger partial charge in [-0.25, -0.2) is 0 Å². The molecule has 0 aliphatic rings. The first-order chi connectivity index (χ1) is 12.8. The average Bonchev–Trinajstić information content (AvgIpc) is 2.74. The minimum absolute atomic E-state index is 1.14. The molecule has 4 aromatic rings. The minimum Gasteiger partial charge on any atom is -0.388 e. The molecule has 0 bridgehead atoms. The number of aromatic nitrogens is 1. The molecule has 4 rings (SSSR count). The van der Waals surface area contributed by atoms with E-state index in [9.17, 15) is 0 Å². The summed E-state index contributed by atoms with van der Waals surface area (Å²) in [5.41, 5.74) is 4.80. The molecule has 0 atom stereocenters. The van der Waals surface area contributed by atoms with Gasteiger partial charge in [0, 0.05) is 30.5 Å². The van der Waals surface area contributed by atoms with Crippen LogP contribution in [0.4, 0.5) is 5.69 Å². The molecular formula is C24H22N2. The summed E-state index contributed by atoms with van der Waals surface area (Å²) in [4.78, 5) is 4.04. The van der Waals surface area contributed by atoms with Crippen molar-refractivity contribution in [2.24, 2.45) is 0 Å². The van der Waals surface area contributed by atoms with Gasteiger partial charge in [0.05, 0.1) is 0 Å². The molecular weight excluding hydrogens is 316 g/mol. The third-order valence-corrected chi connectivity index (χ3v) is 4.18. The molecule has 0 saturated carbocycles. The highest BCUT2D eigenvalue weighted by atomic mass is 14.8. The predicted molar refractivity (Wildman–Crippen MR) is 113 cm³/mol. The zero-order valence-electron chi connectivity index (χ0n) is 14.9. The average molecular weight is 338 g/mol. The molecule has 0 fully saturated rings. The molecule has 3 aromatic carbocycles. The number of hydrogen-bond donors (Lipinski definition) is 1. The maximum Gasteiger partial charge on any atom is 0.0346 e. The standard InChI is InChI=1S/C13H13N.C11H9N/c1-14-13-9-7-12(8-10-13)11-5-3-2-4-6-11;1-2-9-3-4-11-8-12-6-5-10(11)7-9/h2-10,14H,1H3;2-8H,1H2. The van der Waals surface area contributed by atoms with E-state index < -0.39 is 0 Å². The third-order valence-electron chi connectivity index (χ3n) is 4.18. The Morgan fingerprint density at radius 2 is 1.54 bits per heavy atom. The topological polar surface area (TPSA) is 24.9 Å². The van der Waals surface area contributed by atoms with Crippen LogP contribution in [0.5, 0.6) is 0 Å². The summed E-state index contributed by atoms with van der Waals surface area (Å²) >= 11 is 0. The number of pyridine rings is 1. The van der Waals surface area contributed by atoms with Crippen LogP contribution in [-0.4, -0.2) is 12.0 Å². The number of fused-ring (bicyclic) bond motifs is 1. The summed E-state index contributed by atoms with van der Waals surface area (Å²) in [6, 6.07) is 27.0. The second-order valence-corrected chi connectivity index (χ2v) is 5.88. The van der Waals surface area contributed by atoms with Gasteiger partial charge in [0.15, 0.2) is 0 Å². The molecule has 1 aromatic heterocycles. The lowest BCUT2D eigenvalue weighted by Crippen LogP contribution is -1.86. The van der Waals surface area contributed by atoms with Gasteiger partial charge in [-0.05, 0) is 46.3 Å². The van der Waals surface area contributed by atoms with Gasteiger partial charge in [-0.15, -0.1) is 0 Å². The van der Waals surface area contributed by atoms with E-state index in [0.29, 0.717) is 0 Å². The lowest BCUT2D eigenvalue weighted by Gasteiger charge is -2.03. The Morgan fingerprint density at radius 3 is 2.23 bits per heavy atom. The van der Waals surface area contributed by atoms with Gasteiger partial charge < -0.3 is 5.32 Å². The van der Waals surface area contributed by atoms with Gasteiger partial charge in [0.1, 0.15) is 0 Å². The first kappa shape index (κ1) is 17.4. The van der Waals surface area contributed by atoms with Crippen molar-refractivity contribution in [1.82, 2.24) is 4.98 Å². The van der Waals surface area contributed by atoms with E-state index >= 15 is 0 Å². The summed E-state index contributed by atoms with van der Waals surface area (Å²) in [6.07, 6.45) is 5.51. The molecule has 0 saturated heterocycles. The highest BCUT2D eigenvalue weighted by molar-refractivity contribution is 5.83. The number of benzene rings is 3. The van der Waals surface area contributed by atoms with Gasteiger partial charge in [-0.3, -0.25) is 4.98 Å². The Morgan fingerprint density at radius 1 is 0.808 bits per heavy atom. The minimum atomic E-state index is 1.14. The predicted octanol–water partition coefficient (Wildman–Crippen LogP) is 6.27. The van der Waals surface area contributed by atoms with Crippen LogP contribution >= 0.6 is 0 Å². The summed E-state index contributed by atoms with van der Waals surface area (Å²) in [7, 11) is 1.93. The van der Waals surface area contributed by atoms with Crippen LogP contribution in [0.25, 0.3) is 28.0 Å². The highest BCUT2D eigenvalue weighted by Gasteiger charge is 1.95. The number of nitrogens with zero attached hydrogens (tertiary/aromatic N) is 1. The Bertz CT molecular complexity index is 974. The highest BCUT2D eigenvalue weighted by Crippen LogP contribution is 2.20. The van der Waals surface area contributed by atoms with Crippen molar-refractivity contribution in [3.63, 3.8) is 0 Å². The van der Waals surface area contributed by atoms with Crippen LogP contribution in [-0.2, 0) is 0 Å². The molecule has 128 valence electrons. The zero-order valence-corrected chi connectivity index (χ0v) is 14.9. The van der Waals surface area contributed by atoms with Gasteiger partial charge in [0.25, 0.3) is 0 Å². The maximum atomic E-state index is 4.04. The van der Waals surface area contributed by atoms with Crippen LogP contribution in [0.2, 0.25) is 0 Å². The van der Waals surface area contributed by atoms with Crippen LogP contribution in [0.1, 0.15) is 5.56 Å². The summed E-state index contributed by atoms with van der Waals surface area (Å²) < 4.78 is 0. The van der Waals surface area contributed by atoms with Crippen LogP contribution < -0.4 is 5.32 Å². The fourth-order valence-electron chi connectivity index (χ4n) is 2.69. The van der Waals surface area contributed by atoms with E-state index in [4.69, 9.17) is 0 Å². The normalized spacial score (nSPS) is 9.88. The molecule has 1 N–H and O–H groups in total. The maximum absolute atomic E-state index is 4.04. The van der Waals surface area contributed by atoms with Crippen molar-refractivity contribution >= 4 is 22.5 Å². The first-order valence-corrected chi connectivity index (χ1v) is 8.59. The van der Waals surface area contributed by atoms with E-state index in [1.165, 1.54) is 21.9 Å². The second kappa shape index (κ2) is 8.63. The van der Waals surface area contributed by atoms with E-state index in [-0.39, 0.29) is 0 Å². The van der Waals surface area contributed by atoms with Crippen molar-refractivity contribution in [3.8, 4) is 11.1 Å². The Balaban J connectivity index is 0.000000152. The lowest BCUT2D eigenvalue weighted by molar-refractivity contribution is 1.36. The summed E-state index contributed by atoms with van der Waals surface area (Å²) in [6.45, 7) is 3.72. The Hall–Kier alpha value is -3.39. The molecule has 0 aliphatic carbocycles. The van der Waals surface area contributed by atoms with Crippen LogP contribution in [0.3, 0.4) is 0 Å². The molecule has 0 radical (unpaired) electrons. The molecule has 0 aliphatic heterocycles. The first-order valence-electron chi connectivity index (χ1n) is 8.59. The van der Waals surface area contributed by atoms with Crippen molar-refractivity contribution < 1.29 is 0 Å². The largest absolute Gasteiger partial charge is 0.388 e. The molecule has 0 amide bonds. The van der Waals surface area contributed by atoms with Crippen molar-refractivity contribution in [2.75, 3.05) is 12.4 Å². The van der Waals surface area contributed by atoms with Gasteiger partial charge in [0.2, 0.25) is 0 Å². The van der Waals surface area contributed by atoms with Gasteiger partial charge >= 0.3 is 0 Å². The molecule has 0 spiro atoms. The Labute approximate surface area is 154 Å². The van der Waals surface area contributed by atoms with Crippen molar-refractivity contribution in [1.29, 1.82) is 0 Å². The zero-order chi connectivity index (χ0) is 18.2. The number of nitrogens with one attached hydrogen (secondary N) is 1. The van der Waals surface area contributed by atoms with Crippen LogP contribution in [0.15, 0.2) is 97.8 Å². The summed E-state index contributed by atoms with van der Waals surface area (Å²) in [5, 5.41) is 5.49. The SMILES string of the molecule is C=Cc1ccc2cnccc2c1.CNc1ccc(-c2ccccc2)cc1. The second-order valence-electron chi connectivity index (χ2n) is 5.88. The third kappa shape index (κ3) is 4.37. The fourth-order valence-corrected chi connectivity index (χ4v) is 2.69. The van der Waals surface area contributed by atoms with E-state index in [1.807, 2.05) is 37.5 Å². The quantitative estimate of drug-likeness (QED) is 0.476. The molecule has 2 nitrogen and oxygen atoms in total. The number of anilines is 1. The molecule has 0 unspecified atom stereocenters. The van der Waals surface area contributed by atoms with Gasteiger partial charge in [-0.2, -0.15) is 0 Å². The van der Waals surface area contributed by atoms with E-state index in [2.05, 4.69) is 77.5 Å². The number of rotatable bonds is 3. The fraction of sp³-hybridized carbons (Fsp3) is 0.0417. The lowest BCUT2D eigenvalue weighted by atomic mass is 10.1.